The Bertz CT molecular complexity index is 288. The average molecular weight is 206 g/mol. The number of aliphatic hydroxyl groups excluding tert-OH is 1. The standard InChI is InChI=1S/C14H22O/c1-5-11(10-15)12-6-8-13(9-7-12)14(2,3)4/h6-9,11,15H,5,10H2,1-4H3. The van der Waals surface area contributed by atoms with Crippen LogP contribution in [-0.4, -0.2) is 11.7 Å². The minimum absolute atomic E-state index is 0.208. The predicted molar refractivity (Wildman–Crippen MR) is 65.3 cm³/mol. The molecule has 1 aromatic carbocycles. The lowest BCUT2D eigenvalue weighted by Crippen LogP contribution is -2.11. The zero-order valence-corrected chi connectivity index (χ0v) is 10.2. The molecule has 0 aliphatic carbocycles. The van der Waals surface area contributed by atoms with Crippen molar-refractivity contribution in [1.29, 1.82) is 0 Å². The van der Waals surface area contributed by atoms with Gasteiger partial charge >= 0.3 is 0 Å². The summed E-state index contributed by atoms with van der Waals surface area (Å²) in [5, 5.41) is 9.21. The summed E-state index contributed by atoms with van der Waals surface area (Å²) < 4.78 is 0. The van der Waals surface area contributed by atoms with Crippen molar-refractivity contribution in [2.45, 2.75) is 45.4 Å². The summed E-state index contributed by atoms with van der Waals surface area (Å²) in [6, 6.07) is 8.64. The maximum atomic E-state index is 9.21. The fraction of sp³-hybridized carbons (Fsp3) is 0.571. The molecule has 0 amide bonds. The molecule has 0 spiro atoms. The van der Waals surface area contributed by atoms with Gasteiger partial charge in [-0.15, -0.1) is 0 Å². The second-order valence-corrected chi connectivity index (χ2v) is 5.16. The van der Waals surface area contributed by atoms with Crippen LogP contribution in [0.15, 0.2) is 24.3 Å². The molecule has 0 bridgehead atoms. The van der Waals surface area contributed by atoms with Crippen LogP contribution in [0.3, 0.4) is 0 Å². The highest BCUT2D eigenvalue weighted by atomic mass is 16.3. The highest BCUT2D eigenvalue weighted by Crippen LogP contribution is 2.25. The summed E-state index contributed by atoms with van der Waals surface area (Å²) in [5.41, 5.74) is 2.80. The molecule has 1 aromatic rings. The van der Waals surface area contributed by atoms with Gasteiger partial charge in [-0.3, -0.25) is 0 Å². The molecule has 1 unspecified atom stereocenters. The zero-order chi connectivity index (χ0) is 11.5. The van der Waals surface area contributed by atoms with E-state index in [9.17, 15) is 5.11 Å². The van der Waals surface area contributed by atoms with E-state index in [2.05, 4.69) is 52.0 Å². The van der Waals surface area contributed by atoms with Crippen LogP contribution in [0.25, 0.3) is 0 Å². The molecule has 84 valence electrons. The molecule has 1 atom stereocenters. The minimum atomic E-state index is 0.208. The van der Waals surface area contributed by atoms with Crippen LogP contribution in [0, 0.1) is 0 Å². The van der Waals surface area contributed by atoms with E-state index in [1.807, 2.05) is 0 Å². The quantitative estimate of drug-likeness (QED) is 0.803. The SMILES string of the molecule is CCC(CO)c1ccc(C(C)(C)C)cc1. The van der Waals surface area contributed by atoms with E-state index in [1.54, 1.807) is 0 Å². The predicted octanol–water partition coefficient (Wildman–Crippen LogP) is 3.47. The molecule has 0 saturated carbocycles. The number of rotatable bonds is 3. The Labute approximate surface area is 93.1 Å². The summed E-state index contributed by atoms with van der Waals surface area (Å²) in [6.45, 7) is 8.99. The molecule has 15 heavy (non-hydrogen) atoms. The van der Waals surface area contributed by atoms with Gasteiger partial charge in [0.2, 0.25) is 0 Å². The molecule has 0 aromatic heterocycles. The lowest BCUT2D eigenvalue weighted by atomic mass is 9.85. The van der Waals surface area contributed by atoms with E-state index < -0.39 is 0 Å². The van der Waals surface area contributed by atoms with Crippen LogP contribution < -0.4 is 0 Å². The molecule has 0 fully saturated rings. The molecule has 0 aliphatic heterocycles. The van der Waals surface area contributed by atoms with Gasteiger partial charge in [0.05, 0.1) is 0 Å². The van der Waals surface area contributed by atoms with E-state index in [4.69, 9.17) is 0 Å². The Morgan fingerprint density at radius 2 is 1.67 bits per heavy atom. The molecule has 1 nitrogen and oxygen atoms in total. The number of hydrogen-bond acceptors (Lipinski definition) is 1. The molecule has 0 aliphatic rings. The van der Waals surface area contributed by atoms with E-state index in [0.717, 1.165) is 6.42 Å². The molecule has 0 heterocycles. The molecule has 1 heteroatoms. The smallest absolute Gasteiger partial charge is 0.0499 e. The van der Waals surface area contributed by atoms with Gasteiger partial charge in [0.25, 0.3) is 0 Å². The van der Waals surface area contributed by atoms with Gasteiger partial charge in [-0.2, -0.15) is 0 Å². The van der Waals surface area contributed by atoms with Crippen molar-refractivity contribution >= 4 is 0 Å². The third-order valence-corrected chi connectivity index (χ3v) is 2.96. The van der Waals surface area contributed by atoms with Crippen molar-refractivity contribution in [3.8, 4) is 0 Å². The first-order valence-electron chi connectivity index (χ1n) is 5.70. The van der Waals surface area contributed by atoms with Crippen molar-refractivity contribution in [3.05, 3.63) is 35.4 Å². The van der Waals surface area contributed by atoms with Crippen LogP contribution in [0.5, 0.6) is 0 Å². The monoisotopic (exact) mass is 206 g/mol. The van der Waals surface area contributed by atoms with Gasteiger partial charge in [0, 0.05) is 12.5 Å². The van der Waals surface area contributed by atoms with E-state index in [0.29, 0.717) is 5.92 Å². The molecular weight excluding hydrogens is 184 g/mol. The van der Waals surface area contributed by atoms with Gasteiger partial charge in [0.15, 0.2) is 0 Å². The third kappa shape index (κ3) is 3.07. The molecular formula is C14H22O. The van der Waals surface area contributed by atoms with Gasteiger partial charge in [-0.25, -0.2) is 0 Å². The molecule has 0 saturated heterocycles. The van der Waals surface area contributed by atoms with Crippen LogP contribution in [0.2, 0.25) is 0 Å². The number of aliphatic hydroxyl groups is 1. The van der Waals surface area contributed by atoms with Crippen LogP contribution in [0.4, 0.5) is 0 Å². The maximum Gasteiger partial charge on any atom is 0.0499 e. The lowest BCUT2D eigenvalue weighted by molar-refractivity contribution is 0.262. The minimum Gasteiger partial charge on any atom is -0.396 e. The molecule has 0 radical (unpaired) electrons. The van der Waals surface area contributed by atoms with Crippen molar-refractivity contribution < 1.29 is 5.11 Å². The van der Waals surface area contributed by atoms with Crippen LogP contribution in [0.1, 0.15) is 51.2 Å². The first-order chi connectivity index (χ1) is 6.99. The van der Waals surface area contributed by atoms with E-state index in [-0.39, 0.29) is 12.0 Å². The Morgan fingerprint density at radius 1 is 1.13 bits per heavy atom. The average Bonchev–Trinajstić information content (AvgIpc) is 2.19. The second-order valence-electron chi connectivity index (χ2n) is 5.16. The summed E-state index contributed by atoms with van der Waals surface area (Å²) in [6.07, 6.45) is 0.991. The molecule has 1 rings (SSSR count). The summed E-state index contributed by atoms with van der Waals surface area (Å²) in [5.74, 6) is 0.291. The molecule has 1 N–H and O–H groups in total. The fourth-order valence-electron chi connectivity index (χ4n) is 1.73. The van der Waals surface area contributed by atoms with E-state index in [1.165, 1.54) is 11.1 Å². The Balaban J connectivity index is 2.89. The van der Waals surface area contributed by atoms with Gasteiger partial charge in [-0.1, -0.05) is 52.0 Å². The zero-order valence-electron chi connectivity index (χ0n) is 10.2. The van der Waals surface area contributed by atoms with Crippen molar-refractivity contribution in [3.63, 3.8) is 0 Å². The maximum absolute atomic E-state index is 9.21. The highest BCUT2D eigenvalue weighted by molar-refractivity contribution is 5.29. The largest absolute Gasteiger partial charge is 0.396 e. The van der Waals surface area contributed by atoms with Crippen LogP contribution in [-0.2, 0) is 5.41 Å². The van der Waals surface area contributed by atoms with E-state index >= 15 is 0 Å². The van der Waals surface area contributed by atoms with Gasteiger partial charge in [-0.05, 0) is 23.0 Å². The topological polar surface area (TPSA) is 20.2 Å². The number of hydrogen-bond donors (Lipinski definition) is 1. The normalized spacial score (nSPS) is 13.9. The van der Waals surface area contributed by atoms with Crippen molar-refractivity contribution in [2.24, 2.45) is 0 Å². The first kappa shape index (κ1) is 12.3. The Hall–Kier alpha value is -0.820. The third-order valence-electron chi connectivity index (χ3n) is 2.96. The first-order valence-corrected chi connectivity index (χ1v) is 5.70. The second kappa shape index (κ2) is 4.80. The van der Waals surface area contributed by atoms with Crippen molar-refractivity contribution in [1.82, 2.24) is 0 Å². The Kier molecular flexibility index (Phi) is 3.92. The fourth-order valence-corrected chi connectivity index (χ4v) is 1.73. The summed E-state index contributed by atoms with van der Waals surface area (Å²) >= 11 is 0. The van der Waals surface area contributed by atoms with Gasteiger partial charge < -0.3 is 5.11 Å². The highest BCUT2D eigenvalue weighted by Gasteiger charge is 2.14. The Morgan fingerprint density at radius 3 is 2.00 bits per heavy atom. The van der Waals surface area contributed by atoms with Crippen molar-refractivity contribution in [2.75, 3.05) is 6.61 Å². The summed E-state index contributed by atoms with van der Waals surface area (Å²) in [4.78, 5) is 0. The van der Waals surface area contributed by atoms with Gasteiger partial charge in [0.1, 0.15) is 0 Å². The van der Waals surface area contributed by atoms with Crippen LogP contribution >= 0.6 is 0 Å². The number of benzene rings is 1. The summed E-state index contributed by atoms with van der Waals surface area (Å²) in [7, 11) is 0. The lowest BCUT2D eigenvalue weighted by Gasteiger charge is -2.20.